The molecule has 0 radical (unpaired) electrons. The number of nitrogens with one attached hydrogen (secondary N) is 1. The first kappa shape index (κ1) is 14.6. The van der Waals surface area contributed by atoms with Crippen LogP contribution in [-0.2, 0) is 4.74 Å². The summed E-state index contributed by atoms with van der Waals surface area (Å²) in [6.45, 7) is 9.44. The molecule has 0 bridgehead atoms. The standard InChI is InChI=1S/C12H18N2O3S/c1-6-13-9(15)10-14-7(2)8(18-10)11(16)17-12(3,4)5/h6H2,1-5H3,(H,13,15). The van der Waals surface area contributed by atoms with E-state index in [1.807, 2.05) is 6.92 Å². The molecule has 0 unspecified atom stereocenters. The maximum atomic E-state index is 11.9. The van der Waals surface area contributed by atoms with E-state index in [0.29, 0.717) is 17.1 Å². The van der Waals surface area contributed by atoms with Gasteiger partial charge in [-0.3, -0.25) is 4.79 Å². The molecule has 0 saturated carbocycles. The highest BCUT2D eigenvalue weighted by Crippen LogP contribution is 2.21. The van der Waals surface area contributed by atoms with Crippen LogP contribution in [0.3, 0.4) is 0 Å². The van der Waals surface area contributed by atoms with Crippen molar-refractivity contribution in [2.75, 3.05) is 6.54 Å². The quantitative estimate of drug-likeness (QED) is 0.855. The van der Waals surface area contributed by atoms with Crippen LogP contribution in [0, 0.1) is 6.92 Å². The van der Waals surface area contributed by atoms with Crippen LogP contribution < -0.4 is 5.32 Å². The largest absolute Gasteiger partial charge is 0.456 e. The highest BCUT2D eigenvalue weighted by atomic mass is 32.1. The zero-order chi connectivity index (χ0) is 13.9. The lowest BCUT2D eigenvalue weighted by molar-refractivity contribution is 0.00741. The number of esters is 1. The highest BCUT2D eigenvalue weighted by molar-refractivity contribution is 7.15. The van der Waals surface area contributed by atoms with Gasteiger partial charge in [-0.2, -0.15) is 0 Å². The van der Waals surface area contributed by atoms with E-state index in [4.69, 9.17) is 4.74 Å². The van der Waals surface area contributed by atoms with Crippen molar-refractivity contribution in [3.8, 4) is 0 Å². The first-order valence-electron chi connectivity index (χ1n) is 5.73. The van der Waals surface area contributed by atoms with E-state index in [1.165, 1.54) is 0 Å². The molecule has 0 aromatic carbocycles. The number of aromatic nitrogens is 1. The molecule has 1 rings (SSSR count). The van der Waals surface area contributed by atoms with Gasteiger partial charge in [0.25, 0.3) is 5.91 Å². The number of ether oxygens (including phenoxy) is 1. The lowest BCUT2D eigenvalue weighted by Crippen LogP contribution is -2.23. The molecule has 0 fully saturated rings. The number of amides is 1. The minimum atomic E-state index is -0.556. The van der Waals surface area contributed by atoms with Crippen molar-refractivity contribution >= 4 is 23.2 Å². The monoisotopic (exact) mass is 270 g/mol. The van der Waals surface area contributed by atoms with E-state index >= 15 is 0 Å². The molecule has 0 atom stereocenters. The summed E-state index contributed by atoms with van der Waals surface area (Å²) in [5.41, 5.74) is -0.0326. The van der Waals surface area contributed by atoms with E-state index in [0.717, 1.165) is 11.3 Å². The molecule has 1 aromatic rings. The molecule has 0 aliphatic rings. The fraction of sp³-hybridized carbons (Fsp3) is 0.583. The lowest BCUT2D eigenvalue weighted by Gasteiger charge is -2.18. The maximum absolute atomic E-state index is 11.9. The molecule has 0 aliphatic heterocycles. The van der Waals surface area contributed by atoms with Crippen LogP contribution in [0.2, 0.25) is 0 Å². The predicted octanol–water partition coefficient (Wildman–Crippen LogP) is 2.16. The molecular formula is C12H18N2O3S. The molecule has 6 heteroatoms. The Kier molecular flexibility index (Phi) is 4.45. The summed E-state index contributed by atoms with van der Waals surface area (Å²) < 4.78 is 5.26. The van der Waals surface area contributed by atoms with E-state index < -0.39 is 11.6 Å². The Morgan fingerprint density at radius 1 is 1.39 bits per heavy atom. The van der Waals surface area contributed by atoms with Gasteiger partial charge < -0.3 is 10.1 Å². The van der Waals surface area contributed by atoms with Gasteiger partial charge in [-0.25, -0.2) is 9.78 Å². The Labute approximate surface area is 111 Å². The first-order valence-corrected chi connectivity index (χ1v) is 6.55. The van der Waals surface area contributed by atoms with Gasteiger partial charge in [0.15, 0.2) is 5.01 Å². The second-order valence-corrected chi connectivity index (χ2v) is 5.79. The predicted molar refractivity (Wildman–Crippen MR) is 70.0 cm³/mol. The lowest BCUT2D eigenvalue weighted by atomic mass is 10.2. The van der Waals surface area contributed by atoms with Crippen LogP contribution in [0.5, 0.6) is 0 Å². The summed E-state index contributed by atoms with van der Waals surface area (Å²) in [5, 5.41) is 2.93. The minimum Gasteiger partial charge on any atom is -0.456 e. The van der Waals surface area contributed by atoms with Gasteiger partial charge in [-0.1, -0.05) is 0 Å². The zero-order valence-electron chi connectivity index (χ0n) is 11.3. The number of rotatable bonds is 3. The van der Waals surface area contributed by atoms with Gasteiger partial charge in [0.2, 0.25) is 0 Å². The number of thiazole rings is 1. The van der Waals surface area contributed by atoms with Crippen molar-refractivity contribution in [3.05, 3.63) is 15.6 Å². The Morgan fingerprint density at radius 3 is 2.50 bits per heavy atom. The smallest absolute Gasteiger partial charge is 0.350 e. The summed E-state index contributed by atoms with van der Waals surface area (Å²) in [6.07, 6.45) is 0. The number of carbonyl (C=O) groups is 2. The third-order valence-electron chi connectivity index (χ3n) is 1.91. The molecule has 1 aromatic heterocycles. The summed E-state index contributed by atoms with van der Waals surface area (Å²) in [4.78, 5) is 28.0. The van der Waals surface area contributed by atoms with E-state index in [1.54, 1.807) is 27.7 Å². The fourth-order valence-corrected chi connectivity index (χ4v) is 2.10. The second-order valence-electron chi connectivity index (χ2n) is 4.79. The topological polar surface area (TPSA) is 68.3 Å². The van der Waals surface area contributed by atoms with Crippen molar-refractivity contribution in [1.29, 1.82) is 0 Å². The zero-order valence-corrected chi connectivity index (χ0v) is 12.1. The van der Waals surface area contributed by atoms with Crippen molar-refractivity contribution in [3.63, 3.8) is 0 Å². The van der Waals surface area contributed by atoms with Crippen molar-refractivity contribution in [2.45, 2.75) is 40.2 Å². The van der Waals surface area contributed by atoms with Crippen LogP contribution >= 0.6 is 11.3 Å². The Hall–Kier alpha value is -1.43. The summed E-state index contributed by atoms with van der Waals surface area (Å²) in [6, 6.07) is 0. The SMILES string of the molecule is CCNC(=O)c1nc(C)c(C(=O)OC(C)(C)C)s1. The van der Waals surface area contributed by atoms with Crippen molar-refractivity contribution < 1.29 is 14.3 Å². The number of hydrogen-bond donors (Lipinski definition) is 1. The van der Waals surface area contributed by atoms with E-state index in [2.05, 4.69) is 10.3 Å². The van der Waals surface area contributed by atoms with Gasteiger partial charge in [0.1, 0.15) is 10.5 Å². The molecular weight excluding hydrogens is 252 g/mol. The summed E-state index contributed by atoms with van der Waals surface area (Å²) >= 11 is 1.06. The third kappa shape index (κ3) is 3.80. The Balaban J connectivity index is 2.91. The molecule has 5 nitrogen and oxygen atoms in total. The molecule has 1 heterocycles. The fourth-order valence-electron chi connectivity index (χ4n) is 1.24. The average Bonchev–Trinajstić information content (AvgIpc) is 2.58. The normalized spacial score (nSPS) is 11.2. The molecule has 0 spiro atoms. The molecule has 0 saturated heterocycles. The van der Waals surface area contributed by atoms with E-state index in [-0.39, 0.29) is 10.9 Å². The van der Waals surface area contributed by atoms with Crippen LogP contribution in [-0.4, -0.2) is 29.0 Å². The molecule has 1 amide bonds. The van der Waals surface area contributed by atoms with Crippen LogP contribution in [0.15, 0.2) is 0 Å². The Bertz CT molecular complexity index is 460. The van der Waals surface area contributed by atoms with Gasteiger partial charge >= 0.3 is 5.97 Å². The van der Waals surface area contributed by atoms with Crippen LogP contribution in [0.1, 0.15) is 52.9 Å². The van der Waals surface area contributed by atoms with Crippen LogP contribution in [0.4, 0.5) is 0 Å². The summed E-state index contributed by atoms with van der Waals surface area (Å²) in [5.74, 6) is -0.701. The highest BCUT2D eigenvalue weighted by Gasteiger charge is 2.24. The summed E-state index contributed by atoms with van der Waals surface area (Å²) in [7, 11) is 0. The second kappa shape index (κ2) is 5.48. The van der Waals surface area contributed by atoms with Gasteiger partial charge in [0, 0.05) is 6.54 Å². The maximum Gasteiger partial charge on any atom is 0.350 e. The first-order chi connectivity index (χ1) is 8.24. The van der Waals surface area contributed by atoms with Gasteiger partial charge in [0.05, 0.1) is 5.69 Å². The van der Waals surface area contributed by atoms with Crippen LogP contribution in [0.25, 0.3) is 0 Å². The number of carbonyl (C=O) groups excluding carboxylic acids is 2. The third-order valence-corrected chi connectivity index (χ3v) is 3.05. The number of nitrogens with zero attached hydrogens (tertiary/aromatic N) is 1. The van der Waals surface area contributed by atoms with E-state index in [9.17, 15) is 9.59 Å². The average molecular weight is 270 g/mol. The Morgan fingerprint density at radius 2 is 2.00 bits per heavy atom. The molecule has 18 heavy (non-hydrogen) atoms. The van der Waals surface area contributed by atoms with Gasteiger partial charge in [-0.15, -0.1) is 11.3 Å². The number of aryl methyl sites for hydroxylation is 1. The molecule has 0 aliphatic carbocycles. The minimum absolute atomic E-state index is 0.264. The molecule has 1 N–H and O–H groups in total. The van der Waals surface area contributed by atoms with Gasteiger partial charge in [-0.05, 0) is 34.6 Å². The molecule has 100 valence electrons. The van der Waals surface area contributed by atoms with Crippen molar-refractivity contribution in [2.24, 2.45) is 0 Å². The van der Waals surface area contributed by atoms with Crippen molar-refractivity contribution in [1.82, 2.24) is 10.3 Å². The number of hydrogen-bond acceptors (Lipinski definition) is 5.